The third-order valence-corrected chi connectivity index (χ3v) is 5.04. The largest absolute Gasteiger partial charge is 0.493 e. The first kappa shape index (κ1) is 17.5. The Morgan fingerprint density at radius 3 is 3.00 bits per heavy atom. The van der Waals surface area contributed by atoms with E-state index in [1.807, 2.05) is 0 Å². The second-order valence-corrected chi connectivity index (χ2v) is 6.64. The normalized spacial score (nSPS) is 12.8. The van der Waals surface area contributed by atoms with Gasteiger partial charge in [0, 0.05) is 53.8 Å². The van der Waals surface area contributed by atoms with Gasteiger partial charge in [-0.15, -0.1) is 10.2 Å². The van der Waals surface area contributed by atoms with Crippen molar-refractivity contribution in [3.8, 4) is 16.9 Å². The number of anilines is 1. The highest BCUT2D eigenvalue weighted by molar-refractivity contribution is 5.79. The summed E-state index contributed by atoms with van der Waals surface area (Å²) in [5.74, 6) is 0.882. The molecule has 7 nitrogen and oxygen atoms in total. The molecule has 29 heavy (non-hydrogen) atoms. The van der Waals surface area contributed by atoms with Crippen molar-refractivity contribution in [3.05, 3.63) is 65.6 Å². The molecule has 9 heteroatoms. The molecule has 0 unspecified atom stereocenters. The fourth-order valence-electron chi connectivity index (χ4n) is 3.60. The molecule has 0 radical (unpaired) electrons. The molecule has 0 spiro atoms. The molecule has 4 heterocycles. The molecule has 5 rings (SSSR count). The molecule has 1 aliphatic heterocycles. The van der Waals surface area contributed by atoms with Gasteiger partial charge in [0.15, 0.2) is 5.65 Å². The smallest absolute Gasteiger partial charge is 0.210 e. The van der Waals surface area contributed by atoms with Crippen LogP contribution in [0, 0.1) is 5.82 Å². The van der Waals surface area contributed by atoms with Crippen LogP contribution in [0.15, 0.2) is 43.1 Å². The zero-order valence-corrected chi connectivity index (χ0v) is 15.3. The number of alkyl halides is 1. The first-order chi connectivity index (χ1) is 14.3. The Labute approximate surface area is 164 Å². The summed E-state index contributed by atoms with van der Waals surface area (Å²) in [6, 6.07) is 4.69. The van der Waals surface area contributed by atoms with E-state index in [0.717, 1.165) is 11.3 Å². The lowest BCUT2D eigenvalue weighted by atomic mass is 10.0. The molecule has 0 bridgehead atoms. The summed E-state index contributed by atoms with van der Waals surface area (Å²) in [7, 11) is 0. The Morgan fingerprint density at radius 1 is 1.17 bits per heavy atom. The summed E-state index contributed by atoms with van der Waals surface area (Å²) in [5.41, 5.74) is 3.66. The van der Waals surface area contributed by atoms with Gasteiger partial charge in [-0.25, -0.2) is 13.8 Å². The Bertz CT molecular complexity index is 1210. The molecule has 0 aliphatic carbocycles. The van der Waals surface area contributed by atoms with Crippen molar-refractivity contribution in [2.75, 3.05) is 11.9 Å². The maximum Gasteiger partial charge on any atom is 0.210 e. The van der Waals surface area contributed by atoms with E-state index in [4.69, 9.17) is 4.74 Å². The van der Waals surface area contributed by atoms with Crippen LogP contribution in [-0.4, -0.2) is 31.2 Å². The van der Waals surface area contributed by atoms with E-state index >= 15 is 0 Å². The zero-order valence-electron chi connectivity index (χ0n) is 15.3. The number of fused-ring (bicyclic) bond motifs is 2. The summed E-state index contributed by atoms with van der Waals surface area (Å²) in [6.07, 6.45) is 6.90. The highest BCUT2D eigenvalue weighted by atomic mass is 19.1. The zero-order chi connectivity index (χ0) is 19.8. The number of nitrogens with zero attached hydrogens (tertiary/aromatic N) is 5. The quantitative estimate of drug-likeness (QED) is 0.560. The van der Waals surface area contributed by atoms with Gasteiger partial charge in [-0.2, -0.15) is 0 Å². The number of benzene rings is 1. The van der Waals surface area contributed by atoms with Gasteiger partial charge >= 0.3 is 0 Å². The van der Waals surface area contributed by atoms with Gasteiger partial charge in [0.05, 0.1) is 6.61 Å². The number of ether oxygens (including phenoxy) is 1. The Kier molecular flexibility index (Phi) is 4.27. The van der Waals surface area contributed by atoms with Gasteiger partial charge in [0.25, 0.3) is 0 Å². The molecule has 0 saturated heterocycles. The first-order valence-electron chi connectivity index (χ1n) is 9.11. The fourth-order valence-corrected chi connectivity index (χ4v) is 3.60. The van der Waals surface area contributed by atoms with Crippen LogP contribution in [0.2, 0.25) is 0 Å². The molecule has 3 aromatic heterocycles. The molecule has 1 aliphatic rings. The van der Waals surface area contributed by atoms with Crippen molar-refractivity contribution in [3.63, 3.8) is 0 Å². The molecule has 0 atom stereocenters. The Hall–Kier alpha value is -3.62. The van der Waals surface area contributed by atoms with E-state index in [9.17, 15) is 8.78 Å². The third-order valence-electron chi connectivity index (χ3n) is 5.04. The van der Waals surface area contributed by atoms with Crippen molar-refractivity contribution >= 4 is 11.6 Å². The van der Waals surface area contributed by atoms with Gasteiger partial charge in [0.2, 0.25) is 5.95 Å². The molecule has 0 saturated carbocycles. The van der Waals surface area contributed by atoms with Crippen molar-refractivity contribution in [1.82, 2.24) is 24.6 Å². The fraction of sp³-hybridized carbons (Fsp3) is 0.200. The minimum atomic E-state index is -0.626. The number of hydrogen-bond acceptors (Lipinski definition) is 6. The molecule has 0 fully saturated rings. The van der Waals surface area contributed by atoms with Gasteiger partial charge in [-0.1, -0.05) is 0 Å². The van der Waals surface area contributed by atoms with Crippen molar-refractivity contribution in [1.29, 1.82) is 0 Å². The van der Waals surface area contributed by atoms with Gasteiger partial charge in [0.1, 0.15) is 24.6 Å². The monoisotopic (exact) mass is 394 g/mol. The second kappa shape index (κ2) is 7.08. The number of rotatable bonds is 5. The Balaban J connectivity index is 1.51. The van der Waals surface area contributed by atoms with Gasteiger partial charge in [-0.05, 0) is 23.8 Å². The highest BCUT2D eigenvalue weighted by Gasteiger charge is 2.20. The van der Waals surface area contributed by atoms with Crippen molar-refractivity contribution in [2.24, 2.45) is 0 Å². The molecule has 4 aromatic rings. The third kappa shape index (κ3) is 2.95. The number of pyridine rings is 1. The van der Waals surface area contributed by atoms with Crippen LogP contribution in [0.4, 0.5) is 14.7 Å². The standard InChI is InChI=1S/C20H16F2N6O/c21-7-12-3-5-23-8-14(12)16-10-25-20(28-11-26-27-19(16)28)24-9-15-13-4-6-29-18(13)2-1-17(15)22/h1-3,5,8,10-11H,4,6-7,9H2,(H,24,25). The summed E-state index contributed by atoms with van der Waals surface area (Å²) in [4.78, 5) is 8.52. The molecule has 146 valence electrons. The molecular weight excluding hydrogens is 378 g/mol. The van der Waals surface area contributed by atoms with Crippen LogP contribution in [0.5, 0.6) is 5.75 Å². The average molecular weight is 394 g/mol. The summed E-state index contributed by atoms with van der Waals surface area (Å²) in [6.45, 7) is 0.162. The van der Waals surface area contributed by atoms with Crippen LogP contribution in [0.1, 0.15) is 16.7 Å². The minimum Gasteiger partial charge on any atom is -0.493 e. The minimum absolute atomic E-state index is 0.237. The maximum absolute atomic E-state index is 14.4. The van der Waals surface area contributed by atoms with E-state index in [1.165, 1.54) is 12.4 Å². The maximum atomic E-state index is 14.4. The van der Waals surface area contributed by atoms with Crippen molar-refractivity contribution in [2.45, 2.75) is 19.6 Å². The van der Waals surface area contributed by atoms with Crippen LogP contribution in [-0.2, 0) is 19.6 Å². The topological polar surface area (TPSA) is 77.2 Å². The van der Waals surface area contributed by atoms with Crippen LogP contribution < -0.4 is 10.1 Å². The van der Waals surface area contributed by atoms with Crippen molar-refractivity contribution < 1.29 is 13.5 Å². The lowest BCUT2D eigenvalue weighted by molar-refractivity contribution is 0.356. The first-order valence-corrected chi connectivity index (χ1v) is 9.11. The lowest BCUT2D eigenvalue weighted by Gasteiger charge is -2.13. The molecular formula is C20H16F2N6O. The number of halogens is 2. The number of aromatic nitrogens is 5. The molecule has 1 N–H and O–H groups in total. The van der Waals surface area contributed by atoms with E-state index in [2.05, 4.69) is 25.5 Å². The predicted molar refractivity (Wildman–Crippen MR) is 102 cm³/mol. The summed E-state index contributed by atoms with van der Waals surface area (Å²) >= 11 is 0. The average Bonchev–Trinajstić information content (AvgIpc) is 3.43. The van der Waals surface area contributed by atoms with E-state index in [0.29, 0.717) is 46.9 Å². The van der Waals surface area contributed by atoms with Gasteiger partial charge in [-0.3, -0.25) is 9.38 Å². The predicted octanol–water partition coefficient (Wildman–Crippen LogP) is 3.34. The molecule has 1 aromatic carbocycles. The summed E-state index contributed by atoms with van der Waals surface area (Å²) in [5, 5.41) is 11.3. The molecule has 0 amide bonds. The van der Waals surface area contributed by atoms with Crippen LogP contribution in [0.3, 0.4) is 0 Å². The lowest BCUT2D eigenvalue weighted by Crippen LogP contribution is -2.10. The number of nitrogens with one attached hydrogen (secondary N) is 1. The SMILES string of the molecule is FCc1ccncc1-c1cnc(NCc2c(F)ccc3c2CCO3)n2cnnc12. The van der Waals surface area contributed by atoms with E-state index in [-0.39, 0.29) is 12.4 Å². The summed E-state index contributed by atoms with van der Waals surface area (Å²) < 4.78 is 34.9. The highest BCUT2D eigenvalue weighted by Crippen LogP contribution is 2.31. The van der Waals surface area contributed by atoms with Crippen LogP contribution >= 0.6 is 0 Å². The van der Waals surface area contributed by atoms with Gasteiger partial charge < -0.3 is 10.1 Å². The van der Waals surface area contributed by atoms with E-state index in [1.54, 1.807) is 35.1 Å². The van der Waals surface area contributed by atoms with E-state index < -0.39 is 6.67 Å². The van der Waals surface area contributed by atoms with Crippen LogP contribution in [0.25, 0.3) is 16.8 Å². The Morgan fingerprint density at radius 2 is 2.10 bits per heavy atom. The number of hydrogen-bond donors (Lipinski definition) is 1. The second-order valence-electron chi connectivity index (χ2n) is 6.64.